The van der Waals surface area contributed by atoms with E-state index in [1.54, 1.807) is 20.1 Å². The lowest BCUT2D eigenvalue weighted by Crippen LogP contribution is -2.37. The monoisotopic (exact) mass is 235 g/mol. The average molecular weight is 235 g/mol. The van der Waals surface area contributed by atoms with E-state index in [4.69, 9.17) is 4.74 Å². The van der Waals surface area contributed by atoms with E-state index in [9.17, 15) is 9.00 Å². The van der Waals surface area contributed by atoms with Crippen molar-refractivity contribution in [2.75, 3.05) is 19.4 Å². The molecule has 0 aromatic rings. The van der Waals surface area contributed by atoms with Crippen molar-refractivity contribution in [2.45, 2.75) is 38.5 Å². The second kappa shape index (κ2) is 7.82. The first-order chi connectivity index (χ1) is 6.99. The first kappa shape index (κ1) is 14.6. The van der Waals surface area contributed by atoms with Crippen LogP contribution in [0.2, 0.25) is 0 Å². The number of hydrogen-bond donors (Lipinski definition) is 1. The van der Waals surface area contributed by atoms with Crippen molar-refractivity contribution < 1.29 is 13.7 Å². The zero-order valence-electron chi connectivity index (χ0n) is 9.91. The Morgan fingerprint density at radius 1 is 1.47 bits per heavy atom. The number of ether oxygens (including phenoxy) is 1. The van der Waals surface area contributed by atoms with Crippen LogP contribution in [0.5, 0.6) is 0 Å². The molecule has 0 aromatic carbocycles. The van der Waals surface area contributed by atoms with Crippen molar-refractivity contribution in [3.05, 3.63) is 0 Å². The van der Waals surface area contributed by atoms with Gasteiger partial charge in [-0.3, -0.25) is 9.00 Å². The molecule has 3 unspecified atom stereocenters. The van der Waals surface area contributed by atoms with Gasteiger partial charge in [-0.1, -0.05) is 6.92 Å². The van der Waals surface area contributed by atoms with Crippen LogP contribution in [0.3, 0.4) is 0 Å². The molecule has 0 aromatic heterocycles. The van der Waals surface area contributed by atoms with Crippen molar-refractivity contribution in [3.8, 4) is 0 Å². The molecule has 0 spiro atoms. The third-order valence-electron chi connectivity index (χ3n) is 2.21. The van der Waals surface area contributed by atoms with Gasteiger partial charge in [0.1, 0.15) is 6.04 Å². The molecule has 0 saturated carbocycles. The normalized spacial score (nSPS) is 16.8. The van der Waals surface area contributed by atoms with Gasteiger partial charge in [-0.2, -0.15) is 0 Å². The maximum Gasteiger partial charge on any atom is 0.322 e. The molecule has 0 amide bonds. The first-order valence-electron chi connectivity index (χ1n) is 5.21. The van der Waals surface area contributed by atoms with E-state index in [-0.39, 0.29) is 17.3 Å². The van der Waals surface area contributed by atoms with E-state index in [0.717, 1.165) is 6.42 Å². The Hall–Kier alpha value is -0.420. The lowest BCUT2D eigenvalue weighted by atomic mass is 10.3. The van der Waals surface area contributed by atoms with E-state index in [1.807, 2.05) is 6.92 Å². The van der Waals surface area contributed by atoms with Crippen molar-refractivity contribution in [3.63, 3.8) is 0 Å². The zero-order chi connectivity index (χ0) is 11.8. The second-order valence-electron chi connectivity index (χ2n) is 3.53. The van der Waals surface area contributed by atoms with Crippen LogP contribution in [0.15, 0.2) is 0 Å². The van der Waals surface area contributed by atoms with Gasteiger partial charge in [0.05, 0.1) is 6.61 Å². The van der Waals surface area contributed by atoms with Crippen LogP contribution in [0.4, 0.5) is 0 Å². The largest absolute Gasteiger partial charge is 0.465 e. The molecule has 3 atom stereocenters. The number of esters is 1. The van der Waals surface area contributed by atoms with Crippen LogP contribution < -0.4 is 5.32 Å². The van der Waals surface area contributed by atoms with Gasteiger partial charge >= 0.3 is 5.97 Å². The Bertz CT molecular complexity index is 221. The molecule has 0 radical (unpaired) electrons. The minimum atomic E-state index is -0.795. The predicted octanol–water partition coefficient (Wildman–Crippen LogP) is 0.685. The lowest BCUT2D eigenvalue weighted by Gasteiger charge is -2.14. The van der Waals surface area contributed by atoms with Crippen LogP contribution in [0.1, 0.15) is 27.2 Å². The summed E-state index contributed by atoms with van der Waals surface area (Å²) in [5.74, 6) is -0.234. The third kappa shape index (κ3) is 6.62. The fourth-order valence-corrected chi connectivity index (χ4v) is 1.47. The number of carbonyl (C=O) groups excluding carboxylic acids is 1. The Balaban J connectivity index is 3.67. The smallest absolute Gasteiger partial charge is 0.322 e. The molecular formula is C10H21NO3S. The van der Waals surface area contributed by atoms with Gasteiger partial charge in [0.2, 0.25) is 0 Å². The van der Waals surface area contributed by atoms with Crippen molar-refractivity contribution in [2.24, 2.45) is 0 Å². The molecular weight excluding hydrogens is 214 g/mol. The van der Waals surface area contributed by atoms with Crippen LogP contribution in [-0.2, 0) is 20.3 Å². The van der Waals surface area contributed by atoms with Crippen LogP contribution in [-0.4, -0.2) is 40.9 Å². The van der Waals surface area contributed by atoms with E-state index in [2.05, 4.69) is 5.32 Å². The van der Waals surface area contributed by atoms with E-state index >= 15 is 0 Å². The summed E-state index contributed by atoms with van der Waals surface area (Å²) in [4.78, 5) is 11.2. The van der Waals surface area contributed by atoms with E-state index in [0.29, 0.717) is 13.2 Å². The molecule has 0 fully saturated rings. The highest BCUT2D eigenvalue weighted by Gasteiger charge is 2.13. The molecule has 5 heteroatoms. The maximum absolute atomic E-state index is 11.2. The van der Waals surface area contributed by atoms with Gasteiger partial charge in [-0.15, -0.1) is 0 Å². The number of rotatable bonds is 7. The molecule has 15 heavy (non-hydrogen) atoms. The molecule has 0 rings (SSSR count). The number of nitrogens with one attached hydrogen (secondary N) is 1. The van der Waals surface area contributed by atoms with Crippen LogP contribution in [0, 0.1) is 0 Å². The molecule has 0 aliphatic heterocycles. The Labute approximate surface area is 94.2 Å². The van der Waals surface area contributed by atoms with Gasteiger partial charge in [0.25, 0.3) is 0 Å². The summed E-state index contributed by atoms with van der Waals surface area (Å²) in [5, 5.41) is 3.20. The first-order valence-corrected chi connectivity index (χ1v) is 6.83. The molecule has 1 N–H and O–H groups in total. The molecule has 0 aliphatic rings. The maximum atomic E-state index is 11.2. The second-order valence-corrected chi connectivity index (χ2v) is 5.33. The quantitative estimate of drug-likeness (QED) is 0.660. The standard InChI is InChI=1S/C10H21NO3S/c1-5-14-10(12)9(3)11-7-6-8(2)15(4)13/h8-9,11H,5-7H2,1-4H3. The van der Waals surface area contributed by atoms with Gasteiger partial charge in [-0.05, 0) is 26.8 Å². The molecule has 0 bridgehead atoms. The fourth-order valence-electron chi connectivity index (χ4n) is 1.02. The highest BCUT2D eigenvalue weighted by atomic mass is 32.2. The summed E-state index contributed by atoms with van der Waals surface area (Å²) in [6, 6.07) is -0.289. The summed E-state index contributed by atoms with van der Waals surface area (Å²) >= 11 is 0. The third-order valence-corrected chi connectivity index (χ3v) is 3.58. The molecule has 0 heterocycles. The summed E-state index contributed by atoms with van der Waals surface area (Å²) in [5.41, 5.74) is 0. The fraction of sp³-hybridized carbons (Fsp3) is 0.900. The minimum absolute atomic E-state index is 0.159. The molecule has 0 aliphatic carbocycles. The predicted molar refractivity (Wildman–Crippen MR) is 62.2 cm³/mol. The number of carbonyl (C=O) groups is 1. The summed E-state index contributed by atoms with van der Waals surface area (Å²) < 4.78 is 15.9. The summed E-state index contributed by atoms with van der Waals surface area (Å²) in [7, 11) is -0.795. The average Bonchev–Trinajstić information content (AvgIpc) is 2.17. The summed E-state index contributed by atoms with van der Waals surface area (Å²) in [6.07, 6.45) is 2.49. The SMILES string of the molecule is CCOC(=O)C(C)NCCC(C)S(C)=O. The summed E-state index contributed by atoms with van der Waals surface area (Å²) in [6.45, 7) is 6.58. The lowest BCUT2D eigenvalue weighted by molar-refractivity contribution is -0.145. The Morgan fingerprint density at radius 2 is 2.07 bits per heavy atom. The van der Waals surface area contributed by atoms with Crippen molar-refractivity contribution in [1.82, 2.24) is 5.32 Å². The van der Waals surface area contributed by atoms with E-state index < -0.39 is 10.8 Å². The van der Waals surface area contributed by atoms with Crippen molar-refractivity contribution in [1.29, 1.82) is 0 Å². The number of hydrogen-bond acceptors (Lipinski definition) is 4. The van der Waals surface area contributed by atoms with Gasteiger partial charge in [0.15, 0.2) is 0 Å². The van der Waals surface area contributed by atoms with Gasteiger partial charge in [0, 0.05) is 22.3 Å². The molecule has 4 nitrogen and oxygen atoms in total. The minimum Gasteiger partial charge on any atom is -0.465 e. The van der Waals surface area contributed by atoms with Gasteiger partial charge < -0.3 is 10.1 Å². The topological polar surface area (TPSA) is 55.4 Å². The van der Waals surface area contributed by atoms with Crippen LogP contribution >= 0.6 is 0 Å². The molecule has 0 saturated heterocycles. The van der Waals surface area contributed by atoms with Gasteiger partial charge in [-0.25, -0.2) is 0 Å². The van der Waals surface area contributed by atoms with E-state index in [1.165, 1.54) is 0 Å². The Morgan fingerprint density at radius 3 is 2.53 bits per heavy atom. The molecule has 90 valence electrons. The highest BCUT2D eigenvalue weighted by Crippen LogP contribution is 1.98. The van der Waals surface area contributed by atoms with Crippen molar-refractivity contribution >= 4 is 16.8 Å². The highest BCUT2D eigenvalue weighted by molar-refractivity contribution is 7.84. The zero-order valence-corrected chi connectivity index (χ0v) is 10.7. The van der Waals surface area contributed by atoms with Crippen LogP contribution in [0.25, 0.3) is 0 Å². The Kier molecular flexibility index (Phi) is 7.60.